The van der Waals surface area contributed by atoms with E-state index in [9.17, 15) is 4.79 Å². The summed E-state index contributed by atoms with van der Waals surface area (Å²) in [6.07, 6.45) is 0.430. The Morgan fingerprint density at radius 1 is 1.69 bits per heavy atom. The van der Waals surface area contributed by atoms with Crippen LogP contribution in [0.2, 0.25) is 0 Å². The number of rotatable bonds is 3. The lowest BCUT2D eigenvalue weighted by Gasteiger charge is -2.17. The molecule has 13 heavy (non-hydrogen) atoms. The fraction of sp³-hybridized carbons (Fsp3) is 0.889. The van der Waals surface area contributed by atoms with Gasteiger partial charge in [0.2, 0.25) is 0 Å². The molecule has 1 aliphatic rings. The van der Waals surface area contributed by atoms with Crippen LogP contribution < -0.4 is 0 Å². The average molecular weight is 188 g/mol. The second kappa shape index (κ2) is 3.64. The van der Waals surface area contributed by atoms with E-state index in [0.717, 1.165) is 0 Å². The zero-order valence-corrected chi connectivity index (χ0v) is 8.24. The highest BCUT2D eigenvalue weighted by atomic mass is 16.7. The molecule has 2 unspecified atom stereocenters. The Balaban J connectivity index is 2.36. The Kier molecular flexibility index (Phi) is 2.93. The van der Waals surface area contributed by atoms with Crippen molar-refractivity contribution < 1.29 is 19.4 Å². The molecule has 1 rings (SSSR count). The molecule has 2 atom stereocenters. The summed E-state index contributed by atoms with van der Waals surface area (Å²) in [7, 11) is 0. The van der Waals surface area contributed by atoms with Gasteiger partial charge in [-0.2, -0.15) is 0 Å². The quantitative estimate of drug-likeness (QED) is 0.724. The lowest BCUT2D eigenvalue weighted by molar-refractivity contribution is -0.148. The first-order chi connectivity index (χ1) is 5.91. The molecule has 1 N–H and O–H groups in total. The van der Waals surface area contributed by atoms with Gasteiger partial charge in [-0.25, -0.2) is 0 Å². The van der Waals surface area contributed by atoms with Crippen LogP contribution in [-0.4, -0.2) is 29.6 Å². The van der Waals surface area contributed by atoms with Crippen LogP contribution in [-0.2, 0) is 14.3 Å². The first-order valence-electron chi connectivity index (χ1n) is 4.45. The summed E-state index contributed by atoms with van der Waals surface area (Å²) in [5, 5.41) is 8.68. The van der Waals surface area contributed by atoms with Gasteiger partial charge in [-0.05, 0) is 20.3 Å². The van der Waals surface area contributed by atoms with Gasteiger partial charge in [0.15, 0.2) is 5.79 Å². The lowest BCUT2D eigenvalue weighted by atomic mass is 10.0. The summed E-state index contributed by atoms with van der Waals surface area (Å²) in [6.45, 7) is 5.83. The van der Waals surface area contributed by atoms with Gasteiger partial charge in [-0.15, -0.1) is 0 Å². The largest absolute Gasteiger partial charge is 0.481 e. The lowest BCUT2D eigenvalue weighted by Crippen LogP contribution is -2.24. The van der Waals surface area contributed by atoms with Crippen molar-refractivity contribution in [1.82, 2.24) is 0 Å². The number of ether oxygens (including phenoxy) is 2. The number of carbonyl (C=O) groups is 1. The van der Waals surface area contributed by atoms with Gasteiger partial charge < -0.3 is 14.6 Å². The van der Waals surface area contributed by atoms with Crippen LogP contribution in [0.4, 0.5) is 0 Å². The summed E-state index contributed by atoms with van der Waals surface area (Å²) >= 11 is 0. The number of hydrogen-bond acceptors (Lipinski definition) is 3. The van der Waals surface area contributed by atoms with Crippen molar-refractivity contribution in [3.05, 3.63) is 0 Å². The SMILES string of the molecule is CC(CC1COC(C)(C)O1)C(=O)O. The van der Waals surface area contributed by atoms with Crippen molar-refractivity contribution in [1.29, 1.82) is 0 Å². The minimum Gasteiger partial charge on any atom is -0.481 e. The van der Waals surface area contributed by atoms with Crippen molar-refractivity contribution in [2.45, 2.75) is 39.1 Å². The van der Waals surface area contributed by atoms with E-state index < -0.39 is 11.8 Å². The van der Waals surface area contributed by atoms with Gasteiger partial charge in [0, 0.05) is 0 Å². The van der Waals surface area contributed by atoms with Crippen LogP contribution in [0, 0.1) is 5.92 Å². The predicted octanol–water partition coefficient (Wildman–Crippen LogP) is 1.25. The Labute approximate surface area is 77.8 Å². The van der Waals surface area contributed by atoms with Crippen LogP contribution in [0.3, 0.4) is 0 Å². The summed E-state index contributed by atoms with van der Waals surface area (Å²) in [5.41, 5.74) is 0. The van der Waals surface area contributed by atoms with Gasteiger partial charge >= 0.3 is 5.97 Å². The predicted molar refractivity (Wildman–Crippen MR) is 46.3 cm³/mol. The maximum absolute atomic E-state index is 10.6. The third-order valence-electron chi connectivity index (χ3n) is 2.11. The first kappa shape index (κ1) is 10.5. The fourth-order valence-corrected chi connectivity index (χ4v) is 1.37. The maximum atomic E-state index is 10.6. The zero-order valence-electron chi connectivity index (χ0n) is 8.24. The molecule has 0 aromatic rings. The first-order valence-corrected chi connectivity index (χ1v) is 4.45. The van der Waals surface area contributed by atoms with E-state index in [-0.39, 0.29) is 12.0 Å². The molecular weight excluding hydrogens is 172 g/mol. The molecule has 4 nitrogen and oxygen atoms in total. The van der Waals surface area contributed by atoms with Crippen LogP contribution in [0.5, 0.6) is 0 Å². The maximum Gasteiger partial charge on any atom is 0.306 e. The zero-order chi connectivity index (χ0) is 10.1. The van der Waals surface area contributed by atoms with E-state index in [4.69, 9.17) is 14.6 Å². The van der Waals surface area contributed by atoms with Gasteiger partial charge in [0.1, 0.15) is 0 Å². The Hall–Kier alpha value is -0.610. The normalized spacial score (nSPS) is 28.7. The van der Waals surface area contributed by atoms with E-state index >= 15 is 0 Å². The molecule has 76 valence electrons. The molecule has 4 heteroatoms. The highest BCUT2D eigenvalue weighted by molar-refractivity contribution is 5.69. The number of carboxylic acids is 1. The Morgan fingerprint density at radius 3 is 2.69 bits per heavy atom. The van der Waals surface area contributed by atoms with E-state index in [1.54, 1.807) is 6.92 Å². The molecular formula is C9H16O4. The number of aliphatic carboxylic acids is 1. The monoisotopic (exact) mass is 188 g/mol. The molecule has 0 aliphatic carbocycles. The summed E-state index contributed by atoms with van der Waals surface area (Å²) in [5.74, 6) is -1.71. The smallest absolute Gasteiger partial charge is 0.306 e. The Bertz CT molecular complexity index is 200. The number of hydrogen-bond donors (Lipinski definition) is 1. The van der Waals surface area contributed by atoms with E-state index in [2.05, 4.69) is 0 Å². The molecule has 0 aromatic heterocycles. The molecule has 1 fully saturated rings. The van der Waals surface area contributed by atoms with Crippen molar-refractivity contribution in [3.63, 3.8) is 0 Å². The molecule has 0 aromatic carbocycles. The molecule has 0 radical (unpaired) electrons. The third-order valence-corrected chi connectivity index (χ3v) is 2.11. The molecule has 0 amide bonds. The van der Waals surface area contributed by atoms with Gasteiger partial charge in [0.25, 0.3) is 0 Å². The third kappa shape index (κ3) is 2.97. The summed E-state index contributed by atoms with van der Waals surface area (Å²) in [6, 6.07) is 0. The molecule has 0 bridgehead atoms. The van der Waals surface area contributed by atoms with Crippen LogP contribution in [0.1, 0.15) is 27.2 Å². The standard InChI is InChI=1S/C9H16O4/c1-6(8(10)11)4-7-5-12-9(2,3)13-7/h6-7H,4-5H2,1-3H3,(H,10,11). The van der Waals surface area contributed by atoms with Gasteiger partial charge in [-0.3, -0.25) is 4.79 Å². The molecule has 1 aliphatic heterocycles. The van der Waals surface area contributed by atoms with Crippen molar-refractivity contribution >= 4 is 5.97 Å². The highest BCUT2D eigenvalue weighted by Gasteiger charge is 2.34. The van der Waals surface area contributed by atoms with Crippen molar-refractivity contribution in [2.75, 3.05) is 6.61 Å². The average Bonchev–Trinajstić information content (AvgIpc) is 2.30. The minimum absolute atomic E-state index is 0.0823. The number of carboxylic acid groups (broad SMARTS) is 1. The van der Waals surface area contributed by atoms with E-state index in [1.807, 2.05) is 13.8 Å². The fourth-order valence-electron chi connectivity index (χ4n) is 1.37. The van der Waals surface area contributed by atoms with Crippen LogP contribution in [0.15, 0.2) is 0 Å². The van der Waals surface area contributed by atoms with Crippen LogP contribution in [0.25, 0.3) is 0 Å². The molecule has 1 heterocycles. The molecule has 0 spiro atoms. The van der Waals surface area contributed by atoms with E-state index in [1.165, 1.54) is 0 Å². The van der Waals surface area contributed by atoms with Crippen LogP contribution >= 0.6 is 0 Å². The van der Waals surface area contributed by atoms with Gasteiger partial charge in [0.05, 0.1) is 18.6 Å². The van der Waals surface area contributed by atoms with Crippen molar-refractivity contribution in [2.24, 2.45) is 5.92 Å². The molecule has 1 saturated heterocycles. The topological polar surface area (TPSA) is 55.8 Å². The Morgan fingerprint density at radius 2 is 2.31 bits per heavy atom. The summed E-state index contributed by atoms with van der Waals surface area (Å²) < 4.78 is 10.8. The minimum atomic E-state index is -0.784. The highest BCUT2D eigenvalue weighted by Crippen LogP contribution is 2.26. The second-order valence-electron chi connectivity index (χ2n) is 3.93. The van der Waals surface area contributed by atoms with Crippen molar-refractivity contribution in [3.8, 4) is 0 Å². The molecule has 0 saturated carbocycles. The summed E-state index contributed by atoms with van der Waals surface area (Å²) in [4.78, 5) is 10.6. The van der Waals surface area contributed by atoms with Gasteiger partial charge in [-0.1, -0.05) is 6.92 Å². The van der Waals surface area contributed by atoms with E-state index in [0.29, 0.717) is 13.0 Å². The second-order valence-corrected chi connectivity index (χ2v) is 3.93.